The number of fused-ring (bicyclic) bond motifs is 1. The highest BCUT2D eigenvalue weighted by Gasteiger charge is 2.46. The van der Waals surface area contributed by atoms with Crippen LogP contribution in [0.2, 0.25) is 0 Å². The highest BCUT2D eigenvalue weighted by molar-refractivity contribution is 7.70. The number of nitrogens with one attached hydrogen (secondary N) is 5. The Hall–Kier alpha value is -8.08. The smallest absolute Gasteiger partial charge is 0.396 e. The molecule has 0 spiro atoms. The van der Waals surface area contributed by atoms with Gasteiger partial charge >= 0.3 is 7.60 Å². The minimum Gasteiger partial charge on any atom is -0.491 e. The van der Waals surface area contributed by atoms with Crippen molar-refractivity contribution in [1.29, 1.82) is 0 Å². The Labute approximate surface area is 513 Å². The fraction of sp³-hybridized carbons (Fsp3) is 0.422. The number of carbonyl (C=O) groups is 8. The lowest BCUT2D eigenvalue weighted by atomic mass is 9.85. The minimum absolute atomic E-state index is 0.0343. The Bertz CT molecular complexity index is 3700. The molecule has 0 bridgehead atoms. The van der Waals surface area contributed by atoms with Gasteiger partial charge in [0.1, 0.15) is 42.2 Å². The van der Waals surface area contributed by atoms with Crippen molar-refractivity contribution in [2.45, 2.75) is 155 Å². The number of unbranched alkanes of at least 4 members (excludes halogenated alkanes) is 2. The molecule has 9 rings (SSSR count). The van der Waals surface area contributed by atoms with Crippen LogP contribution in [0.4, 0.5) is 5.69 Å². The number of H-pyrrole nitrogens is 1. The molecule has 6 aromatic rings. The van der Waals surface area contributed by atoms with E-state index in [1.807, 2.05) is 102 Å². The number of nitrogens with zero attached hydrogens (tertiary/aromatic N) is 3. The van der Waals surface area contributed by atoms with Gasteiger partial charge in [-0.1, -0.05) is 75.7 Å². The van der Waals surface area contributed by atoms with Gasteiger partial charge in [0.15, 0.2) is 0 Å². The Morgan fingerprint density at radius 2 is 1.62 bits per heavy atom. The third-order valence-electron chi connectivity index (χ3n) is 16.5. The first-order chi connectivity index (χ1) is 41.7. The molecule has 7 amide bonds. The van der Waals surface area contributed by atoms with E-state index in [1.165, 1.54) is 34.1 Å². The number of amides is 7. The van der Waals surface area contributed by atoms with E-state index in [0.717, 1.165) is 50.4 Å². The van der Waals surface area contributed by atoms with Gasteiger partial charge in [0.25, 0.3) is 11.4 Å². The van der Waals surface area contributed by atoms with Crippen molar-refractivity contribution in [3.63, 3.8) is 0 Å². The van der Waals surface area contributed by atoms with Crippen LogP contribution in [0.5, 0.6) is 5.75 Å². The number of aryl methyl sites for hydroxylation is 4. The first-order valence-electron chi connectivity index (χ1n) is 29.6. The zero-order valence-electron chi connectivity index (χ0n) is 50.1. The van der Waals surface area contributed by atoms with Crippen LogP contribution in [0.15, 0.2) is 90.4 Å². The Morgan fingerprint density at radius 1 is 0.886 bits per heavy atom. The van der Waals surface area contributed by atoms with Gasteiger partial charge in [-0.3, -0.25) is 47.8 Å². The number of anilines is 1. The van der Waals surface area contributed by atoms with Crippen LogP contribution in [0.25, 0.3) is 21.3 Å². The molecule has 1 unspecified atom stereocenters. The summed E-state index contributed by atoms with van der Waals surface area (Å²) in [5.41, 5.74) is 12.5. The van der Waals surface area contributed by atoms with Crippen molar-refractivity contribution in [2.75, 3.05) is 18.1 Å². The van der Waals surface area contributed by atoms with Crippen LogP contribution in [0.3, 0.4) is 0 Å². The summed E-state index contributed by atoms with van der Waals surface area (Å²) in [6.45, 7) is 11.2. The number of aliphatic hydroxyl groups excluding tert-OH is 1. The number of aromatic amines is 1. The Kier molecular flexibility index (Phi) is 19.8. The fourth-order valence-corrected chi connectivity index (χ4v) is 13.2. The Morgan fingerprint density at radius 3 is 2.33 bits per heavy atom. The predicted molar refractivity (Wildman–Crippen MR) is 331 cm³/mol. The number of ether oxygens (including phenoxy) is 1. The molecule has 466 valence electrons. The van der Waals surface area contributed by atoms with E-state index in [4.69, 9.17) is 10.5 Å². The number of hydrogen-bond donors (Lipinski definition) is 9. The van der Waals surface area contributed by atoms with E-state index in [9.17, 15) is 57.8 Å². The van der Waals surface area contributed by atoms with Crippen LogP contribution in [0, 0.1) is 19.3 Å². The zero-order valence-corrected chi connectivity index (χ0v) is 51.8. The summed E-state index contributed by atoms with van der Waals surface area (Å²) in [5, 5.41) is 22.9. The number of likely N-dealkylation sites (tertiary alicyclic amines) is 1. The first-order valence-corrected chi connectivity index (χ1v) is 32.1. The molecule has 1 fully saturated rings. The molecule has 4 aromatic carbocycles. The van der Waals surface area contributed by atoms with Crippen LogP contribution >= 0.6 is 18.9 Å². The summed E-state index contributed by atoms with van der Waals surface area (Å²) in [4.78, 5) is 139. The molecular formula is C64H76N9O13PS. The first kappa shape index (κ1) is 64.4. The van der Waals surface area contributed by atoms with Crippen LogP contribution in [-0.2, 0) is 52.6 Å². The maximum absolute atomic E-state index is 14.6. The van der Waals surface area contributed by atoms with Crippen LogP contribution in [0.1, 0.15) is 139 Å². The fourth-order valence-electron chi connectivity index (χ4n) is 11.9. The molecule has 1 saturated heterocycles. The molecule has 2 aromatic heterocycles. The number of nitrogens with two attached hydrogens (primary N) is 1. The number of hydrogen-bond acceptors (Lipinski definition) is 13. The quantitative estimate of drug-likeness (QED) is 0.0230. The maximum atomic E-state index is 14.6. The lowest BCUT2D eigenvalue weighted by Crippen LogP contribution is -2.57. The average molecular weight is 1240 g/mol. The van der Waals surface area contributed by atoms with Gasteiger partial charge in [-0.25, -0.2) is 4.98 Å². The van der Waals surface area contributed by atoms with Crippen LogP contribution < -0.4 is 36.6 Å². The van der Waals surface area contributed by atoms with Gasteiger partial charge in [-0.05, 0) is 134 Å². The molecule has 3 aliphatic heterocycles. The predicted octanol–water partition coefficient (Wildman–Crippen LogP) is 6.53. The number of para-hydroxylation sites is 1. The lowest BCUT2D eigenvalue weighted by molar-refractivity contribution is -0.144. The van der Waals surface area contributed by atoms with E-state index in [0.29, 0.717) is 48.0 Å². The van der Waals surface area contributed by atoms with Crippen molar-refractivity contribution in [2.24, 2.45) is 11.1 Å². The van der Waals surface area contributed by atoms with E-state index in [2.05, 4.69) is 31.2 Å². The van der Waals surface area contributed by atoms with Gasteiger partial charge in [-0.15, -0.1) is 11.3 Å². The number of rotatable bonds is 24. The molecule has 5 heterocycles. The molecule has 24 heteroatoms. The van der Waals surface area contributed by atoms with E-state index >= 15 is 0 Å². The second-order valence-electron chi connectivity index (χ2n) is 24.4. The number of primary amides is 1. The van der Waals surface area contributed by atoms with Gasteiger partial charge in [-0.2, -0.15) is 0 Å². The zero-order chi connectivity index (χ0) is 63.4. The largest absolute Gasteiger partial charge is 0.491 e. The molecule has 88 heavy (non-hydrogen) atoms. The normalized spacial score (nSPS) is 18.4. The number of β-amino-alcohol motifs (C(OH)–C–C–N with tert-alkyl or cyclic N) is 1. The van der Waals surface area contributed by atoms with Crippen molar-refractivity contribution in [3.05, 3.63) is 135 Å². The summed E-state index contributed by atoms with van der Waals surface area (Å²) < 4.78 is 17.9. The average Bonchev–Trinajstić information content (AvgIpc) is 2.30. The molecule has 10 N–H and O–H groups in total. The Balaban J connectivity index is 0.769. The SMILES string of the molecule is Cc1cc(CCCCCC(=O)N[C@H](C(=O)N2C[C@H](O)C[C@H]2C(=O)N[C@@H](C)c2ccc(-c3scnc3C)cc2)C(C)(C)C)cc(OCC(CCC(N)=O)NC(=O)[C@@H]2Cc3cccc4c3N2C(=O)[C@@H](NC(=O)c2cc3cc(C(=O)P(=O)(O)O)ccc3[nH]2)CC4)c1. The third kappa shape index (κ3) is 15.2. The molecule has 3 aliphatic rings. The molecule has 22 nitrogen and oxygen atoms in total. The van der Waals surface area contributed by atoms with E-state index < -0.39 is 84.4 Å². The molecule has 0 saturated carbocycles. The standard InChI is InChI=1S/C64H76N9O13PS/c1-35-25-38(11-8-7-9-14-54(76)71-57(64(4,5)6)62(81)72-32-46(74)31-51(72)59(78)67-36(2)39-15-17-41(18-16-39)56-37(3)66-34-88-56)27-47(26-35)86-33-45(21-24-53(65)75)68-60(79)52-30-42-13-10-12-40-19-23-49(61(80)73(52)55(40)42)70-58(77)50-29-44-28-43(20-22-48(44)69-50)63(82)87(83,84)85/h10,12-13,15-18,20,22,25-29,34,36,45-46,49,51-52,57,69,74H,7-9,11,14,19,21,23-24,30-33H2,1-6H3,(H2,65,75)(H,67,78)(H,68,79)(H,70,77)(H,71,76)(H2,83,84,85)/t36-,45?,46+,49-,51-,52-,57+/m0/s1. The summed E-state index contributed by atoms with van der Waals surface area (Å²) in [5.74, 6) is -2.83. The molecule has 7 atom stereocenters. The van der Waals surface area contributed by atoms with Gasteiger partial charge in [0.05, 0.1) is 40.0 Å². The van der Waals surface area contributed by atoms with Gasteiger partial charge in [0.2, 0.25) is 35.4 Å². The number of carbonyl (C=O) groups excluding carboxylic acids is 8. The highest BCUT2D eigenvalue weighted by Crippen LogP contribution is 2.41. The monoisotopic (exact) mass is 1240 g/mol. The number of thiazole rings is 1. The number of aliphatic hydroxyl groups is 1. The summed E-state index contributed by atoms with van der Waals surface area (Å²) in [7, 11) is -5.06. The van der Waals surface area contributed by atoms with E-state index in [1.54, 1.807) is 16.8 Å². The third-order valence-corrected chi connectivity index (χ3v) is 18.2. The van der Waals surface area contributed by atoms with Crippen LogP contribution in [-0.4, -0.2) is 126 Å². The van der Waals surface area contributed by atoms with Crippen molar-refractivity contribution >= 4 is 82.4 Å². The van der Waals surface area contributed by atoms with Gasteiger partial charge < -0.3 is 56.5 Å². The molecular weight excluding hydrogens is 1170 g/mol. The second-order valence-corrected chi connectivity index (χ2v) is 26.7. The molecule has 0 radical (unpaired) electrons. The van der Waals surface area contributed by atoms with Crippen molar-refractivity contribution < 1.29 is 62.6 Å². The minimum atomic E-state index is -5.06. The topological polar surface area (TPSA) is 333 Å². The lowest BCUT2D eigenvalue weighted by Gasteiger charge is -2.35. The summed E-state index contributed by atoms with van der Waals surface area (Å²) in [6, 6.07) is 19.5. The number of aromatic nitrogens is 2. The highest BCUT2D eigenvalue weighted by atomic mass is 32.1. The van der Waals surface area contributed by atoms with Crippen molar-refractivity contribution in [1.82, 2.24) is 36.1 Å². The summed E-state index contributed by atoms with van der Waals surface area (Å²) >= 11 is 1.56. The summed E-state index contributed by atoms with van der Waals surface area (Å²) in [6.07, 6.45) is 2.82. The van der Waals surface area contributed by atoms with Crippen molar-refractivity contribution in [3.8, 4) is 16.2 Å². The molecule has 0 aliphatic carbocycles. The van der Waals surface area contributed by atoms with Gasteiger partial charge in [0, 0.05) is 48.7 Å². The second kappa shape index (κ2) is 27.1. The van der Waals surface area contributed by atoms with E-state index in [-0.39, 0.29) is 80.8 Å². The maximum Gasteiger partial charge on any atom is 0.396 e. The number of benzene rings is 4.